The Morgan fingerprint density at radius 3 is 2.71 bits per heavy atom. The van der Waals surface area contributed by atoms with E-state index in [1.54, 1.807) is 11.3 Å². The molecule has 0 N–H and O–H groups in total. The normalized spacial score (nSPS) is 19.2. The molecule has 1 saturated heterocycles. The van der Waals surface area contributed by atoms with Gasteiger partial charge in [0.2, 0.25) is 0 Å². The minimum absolute atomic E-state index is 0.732. The summed E-state index contributed by atoms with van der Waals surface area (Å²) in [6.07, 6.45) is 2.65. The van der Waals surface area contributed by atoms with Gasteiger partial charge in [-0.1, -0.05) is 0 Å². The zero-order chi connectivity index (χ0) is 14.4. The van der Waals surface area contributed by atoms with Gasteiger partial charge in [-0.05, 0) is 32.8 Å². The molecule has 21 heavy (non-hydrogen) atoms. The second kappa shape index (κ2) is 5.14. The number of nitrogens with zero attached hydrogens (tertiary/aromatic N) is 3. The van der Waals surface area contributed by atoms with Crippen molar-refractivity contribution in [1.29, 1.82) is 0 Å². The lowest BCUT2D eigenvalue weighted by Gasteiger charge is -2.26. The Kier molecular flexibility index (Phi) is 3.27. The van der Waals surface area contributed by atoms with E-state index in [4.69, 9.17) is 9.72 Å². The molecule has 3 heterocycles. The van der Waals surface area contributed by atoms with Crippen molar-refractivity contribution in [1.82, 2.24) is 9.55 Å². The molecule has 0 amide bonds. The van der Waals surface area contributed by atoms with E-state index in [9.17, 15) is 0 Å². The molecule has 4 rings (SSSR count). The van der Waals surface area contributed by atoms with Crippen LogP contribution in [-0.2, 0) is 4.74 Å². The molecule has 112 valence electrons. The molecular formula is C16H21N3OS. The first-order chi connectivity index (χ1) is 10.2. The molecule has 1 aliphatic heterocycles. The Balaban J connectivity index is 1.64. The van der Waals surface area contributed by atoms with E-state index in [-0.39, 0.29) is 0 Å². The van der Waals surface area contributed by atoms with Crippen LogP contribution in [0.5, 0.6) is 0 Å². The van der Waals surface area contributed by atoms with Crippen LogP contribution >= 0.6 is 11.3 Å². The van der Waals surface area contributed by atoms with Gasteiger partial charge in [0, 0.05) is 41.5 Å². The van der Waals surface area contributed by atoms with Crippen LogP contribution in [0.25, 0.3) is 11.3 Å². The predicted molar refractivity (Wildman–Crippen MR) is 86.3 cm³/mol. The monoisotopic (exact) mass is 303 g/mol. The third-order valence-electron chi connectivity index (χ3n) is 4.45. The Hall–Kier alpha value is -1.33. The fourth-order valence-corrected chi connectivity index (χ4v) is 4.10. The van der Waals surface area contributed by atoms with Gasteiger partial charge in [-0.2, -0.15) is 0 Å². The first-order valence-electron chi connectivity index (χ1n) is 7.71. The minimum atomic E-state index is 0.732. The van der Waals surface area contributed by atoms with Crippen LogP contribution < -0.4 is 4.90 Å². The van der Waals surface area contributed by atoms with Crippen molar-refractivity contribution >= 4 is 16.5 Å². The van der Waals surface area contributed by atoms with Crippen molar-refractivity contribution in [2.24, 2.45) is 0 Å². The Labute approximate surface area is 129 Å². The average molecular weight is 303 g/mol. The Morgan fingerprint density at radius 1 is 1.24 bits per heavy atom. The molecular weight excluding hydrogens is 282 g/mol. The molecule has 1 aliphatic carbocycles. The molecule has 0 bridgehead atoms. The van der Waals surface area contributed by atoms with Crippen molar-refractivity contribution in [2.45, 2.75) is 32.7 Å². The number of thiazole rings is 1. The molecule has 0 atom stereocenters. The number of hydrogen-bond donors (Lipinski definition) is 0. The van der Waals surface area contributed by atoms with Gasteiger partial charge in [0.05, 0.1) is 18.9 Å². The topological polar surface area (TPSA) is 30.3 Å². The average Bonchev–Trinajstić information content (AvgIpc) is 3.12. The van der Waals surface area contributed by atoms with Crippen LogP contribution in [-0.4, -0.2) is 35.9 Å². The fraction of sp³-hybridized carbons (Fsp3) is 0.562. The van der Waals surface area contributed by atoms with Crippen LogP contribution in [0.15, 0.2) is 11.4 Å². The maximum absolute atomic E-state index is 5.42. The molecule has 2 aliphatic rings. The second-order valence-electron chi connectivity index (χ2n) is 6.00. The summed E-state index contributed by atoms with van der Waals surface area (Å²) in [6.45, 7) is 7.97. The number of rotatable bonds is 3. The molecule has 0 radical (unpaired) electrons. The highest BCUT2D eigenvalue weighted by molar-refractivity contribution is 7.14. The minimum Gasteiger partial charge on any atom is -0.378 e. The van der Waals surface area contributed by atoms with Gasteiger partial charge in [0.25, 0.3) is 0 Å². The van der Waals surface area contributed by atoms with Crippen LogP contribution in [0.3, 0.4) is 0 Å². The van der Waals surface area contributed by atoms with Gasteiger partial charge >= 0.3 is 0 Å². The second-order valence-corrected chi connectivity index (χ2v) is 6.84. The van der Waals surface area contributed by atoms with Crippen molar-refractivity contribution in [2.75, 3.05) is 31.2 Å². The zero-order valence-electron chi connectivity index (χ0n) is 12.6. The van der Waals surface area contributed by atoms with Gasteiger partial charge in [0.1, 0.15) is 0 Å². The van der Waals surface area contributed by atoms with E-state index in [0.29, 0.717) is 0 Å². The highest BCUT2D eigenvalue weighted by atomic mass is 32.1. The third-order valence-corrected chi connectivity index (χ3v) is 5.35. The molecule has 2 aromatic heterocycles. The van der Waals surface area contributed by atoms with Gasteiger partial charge in [0.15, 0.2) is 5.13 Å². The number of morpholine rings is 1. The molecule has 2 fully saturated rings. The first kappa shape index (κ1) is 13.3. The number of ether oxygens (including phenoxy) is 1. The number of hydrogen-bond acceptors (Lipinski definition) is 4. The fourth-order valence-electron chi connectivity index (χ4n) is 3.22. The van der Waals surface area contributed by atoms with Gasteiger partial charge < -0.3 is 14.2 Å². The summed E-state index contributed by atoms with van der Waals surface area (Å²) in [4.78, 5) is 7.21. The summed E-state index contributed by atoms with van der Waals surface area (Å²) in [6, 6.07) is 3.03. The van der Waals surface area contributed by atoms with Crippen LogP contribution in [0, 0.1) is 13.8 Å². The highest BCUT2D eigenvalue weighted by Crippen LogP contribution is 2.41. The number of anilines is 1. The lowest BCUT2D eigenvalue weighted by molar-refractivity contribution is 0.122. The van der Waals surface area contributed by atoms with Crippen molar-refractivity contribution in [3.63, 3.8) is 0 Å². The predicted octanol–water partition coefficient (Wildman–Crippen LogP) is 3.40. The third kappa shape index (κ3) is 2.38. The molecule has 1 saturated carbocycles. The molecule has 5 heteroatoms. The van der Waals surface area contributed by atoms with Crippen molar-refractivity contribution in [3.05, 3.63) is 22.8 Å². The van der Waals surface area contributed by atoms with Gasteiger partial charge in [-0.3, -0.25) is 0 Å². The van der Waals surface area contributed by atoms with Crippen molar-refractivity contribution < 1.29 is 4.74 Å². The Bertz CT molecular complexity index is 651. The summed E-state index contributed by atoms with van der Waals surface area (Å²) in [5.74, 6) is 0. The quantitative estimate of drug-likeness (QED) is 0.870. The smallest absolute Gasteiger partial charge is 0.186 e. The van der Waals surface area contributed by atoms with Gasteiger partial charge in [-0.15, -0.1) is 11.3 Å². The largest absolute Gasteiger partial charge is 0.378 e. The SMILES string of the molecule is Cc1cc(-c2csc(N3CCOCC3)n2)c(C)n1C1CC1. The van der Waals surface area contributed by atoms with Crippen molar-refractivity contribution in [3.8, 4) is 11.3 Å². The molecule has 0 unspecified atom stereocenters. The zero-order valence-corrected chi connectivity index (χ0v) is 13.4. The lowest BCUT2D eigenvalue weighted by atomic mass is 10.2. The number of aryl methyl sites for hydroxylation is 1. The van der Waals surface area contributed by atoms with E-state index < -0.39 is 0 Å². The standard InChI is InChI=1S/C16H21N3OS/c1-11-9-14(12(2)19(11)13-3-4-13)15-10-21-16(17-15)18-5-7-20-8-6-18/h9-10,13H,3-8H2,1-2H3. The molecule has 4 nitrogen and oxygen atoms in total. The van der Waals surface area contributed by atoms with Crippen LogP contribution in [0.1, 0.15) is 30.3 Å². The van der Waals surface area contributed by atoms with Gasteiger partial charge in [-0.25, -0.2) is 4.98 Å². The van der Waals surface area contributed by atoms with E-state index in [2.05, 4.69) is 34.8 Å². The maximum Gasteiger partial charge on any atom is 0.186 e. The van der Waals surface area contributed by atoms with E-state index in [0.717, 1.165) is 43.2 Å². The number of aromatic nitrogens is 2. The summed E-state index contributed by atoms with van der Waals surface area (Å²) in [5, 5.41) is 3.33. The molecule has 2 aromatic rings. The highest BCUT2D eigenvalue weighted by Gasteiger charge is 2.27. The first-order valence-corrected chi connectivity index (χ1v) is 8.59. The Morgan fingerprint density at radius 2 is 2.00 bits per heavy atom. The maximum atomic E-state index is 5.42. The summed E-state index contributed by atoms with van der Waals surface area (Å²) >= 11 is 1.75. The van der Waals surface area contributed by atoms with E-state index in [1.807, 2.05) is 0 Å². The summed E-state index contributed by atoms with van der Waals surface area (Å²) in [7, 11) is 0. The molecule has 0 aromatic carbocycles. The van der Waals surface area contributed by atoms with E-state index >= 15 is 0 Å². The lowest BCUT2D eigenvalue weighted by Crippen LogP contribution is -2.36. The van der Waals surface area contributed by atoms with E-state index in [1.165, 1.54) is 29.8 Å². The van der Waals surface area contributed by atoms with Crippen LogP contribution in [0.2, 0.25) is 0 Å². The van der Waals surface area contributed by atoms with Crippen LogP contribution in [0.4, 0.5) is 5.13 Å². The summed E-state index contributed by atoms with van der Waals surface area (Å²) in [5.41, 5.74) is 5.16. The summed E-state index contributed by atoms with van der Waals surface area (Å²) < 4.78 is 7.91. The molecule has 0 spiro atoms.